The first-order valence-electron chi connectivity index (χ1n) is 6.33. The number of carbonyl (C=O) groups is 2. The number of carboxylic acid groups (broad SMARTS) is 2. The Balaban J connectivity index is 2.47. The first-order chi connectivity index (χ1) is 9.75. The molecule has 1 aromatic rings. The van der Waals surface area contributed by atoms with E-state index in [0.29, 0.717) is 12.0 Å². The van der Waals surface area contributed by atoms with E-state index in [1.807, 2.05) is 0 Å². The first-order valence-corrected chi connectivity index (χ1v) is 7.77. The van der Waals surface area contributed by atoms with E-state index in [2.05, 4.69) is 0 Å². The Bertz CT molecular complexity index is 697. The quantitative estimate of drug-likeness (QED) is 0.855. The van der Waals surface area contributed by atoms with Crippen molar-refractivity contribution in [2.24, 2.45) is 0 Å². The number of benzene rings is 1. The molecular weight excluding hydrogens is 298 g/mol. The highest BCUT2D eigenvalue weighted by atomic mass is 32.2. The number of aliphatic carboxylic acids is 1. The molecule has 0 aliphatic carbocycles. The van der Waals surface area contributed by atoms with Gasteiger partial charge in [-0.2, -0.15) is 4.31 Å². The predicted octanol–water partition coefficient (Wildman–Crippen LogP) is 0.931. The summed E-state index contributed by atoms with van der Waals surface area (Å²) in [6.07, 6.45) is 0.722. The molecule has 21 heavy (non-hydrogen) atoms. The number of hydrogen-bond donors (Lipinski definition) is 2. The van der Waals surface area contributed by atoms with Crippen molar-refractivity contribution in [3.05, 3.63) is 29.3 Å². The highest BCUT2D eigenvalue weighted by Gasteiger charge is 2.39. The maximum atomic E-state index is 12.5. The SMILES string of the molecule is Cc1ccc(S(=O)(=O)N2CCC[C@@H]2C(=O)O)cc1C(=O)O. The van der Waals surface area contributed by atoms with Crippen LogP contribution in [0.25, 0.3) is 0 Å². The third-order valence-corrected chi connectivity index (χ3v) is 5.44. The molecule has 1 fully saturated rings. The third kappa shape index (κ3) is 2.77. The van der Waals surface area contributed by atoms with Crippen molar-refractivity contribution in [3.63, 3.8) is 0 Å². The van der Waals surface area contributed by atoms with Gasteiger partial charge in [0.25, 0.3) is 0 Å². The Morgan fingerprint density at radius 2 is 1.95 bits per heavy atom. The largest absolute Gasteiger partial charge is 0.480 e. The second kappa shape index (κ2) is 5.45. The normalized spacial score (nSPS) is 19.6. The monoisotopic (exact) mass is 313 g/mol. The Labute approximate surface area is 121 Å². The van der Waals surface area contributed by atoms with Gasteiger partial charge in [0.05, 0.1) is 10.5 Å². The van der Waals surface area contributed by atoms with Gasteiger partial charge >= 0.3 is 11.9 Å². The zero-order chi connectivity index (χ0) is 15.8. The molecule has 1 aliphatic rings. The van der Waals surface area contributed by atoms with Crippen LogP contribution in [0.1, 0.15) is 28.8 Å². The van der Waals surface area contributed by atoms with Crippen LogP contribution in [0.4, 0.5) is 0 Å². The number of rotatable bonds is 4. The van der Waals surface area contributed by atoms with Crippen molar-refractivity contribution in [1.29, 1.82) is 0 Å². The summed E-state index contributed by atoms with van der Waals surface area (Å²) in [4.78, 5) is 22.0. The molecule has 1 atom stereocenters. The molecule has 0 saturated carbocycles. The van der Waals surface area contributed by atoms with E-state index in [-0.39, 0.29) is 23.4 Å². The minimum absolute atomic E-state index is 0.109. The lowest BCUT2D eigenvalue weighted by Gasteiger charge is -2.21. The molecule has 114 valence electrons. The van der Waals surface area contributed by atoms with E-state index in [4.69, 9.17) is 10.2 Å². The summed E-state index contributed by atoms with van der Waals surface area (Å²) >= 11 is 0. The standard InChI is InChI=1S/C13H15NO6S/c1-8-4-5-9(7-10(8)12(15)16)21(19,20)14-6-2-3-11(14)13(17)18/h4-5,7,11H,2-3,6H2,1H3,(H,15,16)(H,17,18)/t11-/m1/s1. The predicted molar refractivity (Wildman–Crippen MR) is 72.7 cm³/mol. The van der Waals surface area contributed by atoms with Crippen LogP contribution in [0.2, 0.25) is 0 Å². The number of hydrogen-bond acceptors (Lipinski definition) is 4. The van der Waals surface area contributed by atoms with Crippen molar-refractivity contribution in [1.82, 2.24) is 4.31 Å². The Hall–Kier alpha value is -1.93. The maximum Gasteiger partial charge on any atom is 0.335 e. The lowest BCUT2D eigenvalue weighted by Crippen LogP contribution is -2.40. The second-order valence-electron chi connectivity index (χ2n) is 4.89. The molecule has 7 nitrogen and oxygen atoms in total. The van der Waals surface area contributed by atoms with Gasteiger partial charge in [-0.15, -0.1) is 0 Å². The van der Waals surface area contributed by atoms with E-state index in [1.54, 1.807) is 6.92 Å². The molecule has 2 N–H and O–H groups in total. The zero-order valence-corrected chi connectivity index (χ0v) is 12.1. The van der Waals surface area contributed by atoms with Crippen LogP contribution in [-0.4, -0.2) is 47.5 Å². The van der Waals surface area contributed by atoms with Crippen molar-refractivity contribution >= 4 is 22.0 Å². The van der Waals surface area contributed by atoms with E-state index in [9.17, 15) is 18.0 Å². The zero-order valence-electron chi connectivity index (χ0n) is 11.3. The molecule has 0 amide bonds. The van der Waals surface area contributed by atoms with E-state index >= 15 is 0 Å². The summed E-state index contributed by atoms with van der Waals surface area (Å²) < 4.78 is 25.9. The first kappa shape index (κ1) is 15.5. The van der Waals surface area contributed by atoms with Crippen LogP contribution in [0.3, 0.4) is 0 Å². The highest BCUT2D eigenvalue weighted by Crippen LogP contribution is 2.27. The number of sulfonamides is 1. The lowest BCUT2D eigenvalue weighted by atomic mass is 10.1. The smallest absolute Gasteiger partial charge is 0.335 e. The van der Waals surface area contributed by atoms with Crippen molar-refractivity contribution in [3.8, 4) is 0 Å². The van der Waals surface area contributed by atoms with E-state index in [1.165, 1.54) is 12.1 Å². The number of aromatic carboxylic acids is 1. The minimum atomic E-state index is -4.02. The van der Waals surface area contributed by atoms with Crippen LogP contribution >= 0.6 is 0 Å². The fourth-order valence-electron chi connectivity index (χ4n) is 2.40. The summed E-state index contributed by atoms with van der Waals surface area (Å²) in [5.41, 5.74) is 0.333. The third-order valence-electron chi connectivity index (χ3n) is 3.53. The Morgan fingerprint density at radius 1 is 1.29 bits per heavy atom. The summed E-state index contributed by atoms with van der Waals surface area (Å²) in [7, 11) is -4.02. The van der Waals surface area contributed by atoms with Crippen LogP contribution in [-0.2, 0) is 14.8 Å². The topological polar surface area (TPSA) is 112 Å². The fraction of sp³-hybridized carbons (Fsp3) is 0.385. The number of carboxylic acids is 2. The highest BCUT2D eigenvalue weighted by molar-refractivity contribution is 7.89. The molecule has 0 radical (unpaired) electrons. The van der Waals surface area contributed by atoms with Gasteiger partial charge < -0.3 is 10.2 Å². The molecule has 1 aromatic carbocycles. The van der Waals surface area contributed by atoms with Gasteiger partial charge in [0.15, 0.2) is 0 Å². The molecular formula is C13H15NO6S. The molecule has 1 aliphatic heterocycles. The molecule has 0 unspecified atom stereocenters. The van der Waals surface area contributed by atoms with Crippen LogP contribution in [0, 0.1) is 6.92 Å². The van der Waals surface area contributed by atoms with Gasteiger partial charge in [-0.1, -0.05) is 6.07 Å². The van der Waals surface area contributed by atoms with Crippen molar-refractivity contribution < 1.29 is 28.2 Å². The Kier molecular flexibility index (Phi) is 4.02. The number of nitrogens with zero attached hydrogens (tertiary/aromatic N) is 1. The average Bonchev–Trinajstić information content (AvgIpc) is 2.88. The second-order valence-corrected chi connectivity index (χ2v) is 6.78. The van der Waals surface area contributed by atoms with Gasteiger partial charge in [0, 0.05) is 6.54 Å². The molecule has 0 aromatic heterocycles. The van der Waals surface area contributed by atoms with Crippen molar-refractivity contribution in [2.75, 3.05) is 6.54 Å². The van der Waals surface area contributed by atoms with Crippen LogP contribution in [0.5, 0.6) is 0 Å². The summed E-state index contributed by atoms with van der Waals surface area (Å²) in [6.45, 7) is 1.69. The van der Waals surface area contributed by atoms with Crippen molar-refractivity contribution in [2.45, 2.75) is 30.7 Å². The minimum Gasteiger partial charge on any atom is -0.480 e. The lowest BCUT2D eigenvalue weighted by molar-refractivity contribution is -0.140. The maximum absolute atomic E-state index is 12.5. The van der Waals surface area contributed by atoms with Gasteiger partial charge in [-0.05, 0) is 37.5 Å². The fourth-order valence-corrected chi connectivity index (χ4v) is 4.08. The molecule has 1 heterocycles. The number of aryl methyl sites for hydroxylation is 1. The van der Waals surface area contributed by atoms with Gasteiger partial charge in [0.2, 0.25) is 10.0 Å². The molecule has 0 bridgehead atoms. The molecule has 2 rings (SSSR count). The van der Waals surface area contributed by atoms with Crippen LogP contribution < -0.4 is 0 Å². The summed E-state index contributed by atoms with van der Waals surface area (Å²) in [5, 5.41) is 18.1. The average molecular weight is 313 g/mol. The molecule has 8 heteroatoms. The van der Waals surface area contributed by atoms with E-state index < -0.39 is 28.0 Å². The molecule has 1 saturated heterocycles. The Morgan fingerprint density at radius 3 is 2.52 bits per heavy atom. The van der Waals surface area contributed by atoms with Crippen LogP contribution in [0.15, 0.2) is 23.1 Å². The van der Waals surface area contributed by atoms with Gasteiger partial charge in [-0.25, -0.2) is 13.2 Å². The summed E-state index contributed by atoms with van der Waals surface area (Å²) in [6, 6.07) is 2.69. The molecule has 0 spiro atoms. The van der Waals surface area contributed by atoms with Gasteiger partial charge in [0.1, 0.15) is 6.04 Å². The van der Waals surface area contributed by atoms with Gasteiger partial charge in [-0.3, -0.25) is 4.79 Å². The van der Waals surface area contributed by atoms with E-state index in [0.717, 1.165) is 10.4 Å². The summed E-state index contributed by atoms with van der Waals surface area (Å²) in [5.74, 6) is -2.41.